The molecule has 0 radical (unpaired) electrons. The number of aliphatic hydroxyl groups excluding tert-OH is 1. The molecule has 0 aromatic rings. The second kappa shape index (κ2) is 7.27. The van der Waals surface area contributed by atoms with Crippen LogP contribution in [0.4, 0.5) is 0 Å². The Morgan fingerprint density at radius 2 is 1.76 bits per heavy atom. The van der Waals surface area contributed by atoms with Crippen LogP contribution in [0, 0.1) is 0 Å². The SMILES string of the molecule is CCCCCS(=O)(=O)NCC(O)CS(=O)(=O)O. The molecule has 1 atom stereocenters. The van der Waals surface area contributed by atoms with E-state index in [9.17, 15) is 16.8 Å². The lowest BCUT2D eigenvalue weighted by atomic mass is 10.3. The molecule has 17 heavy (non-hydrogen) atoms. The maximum absolute atomic E-state index is 11.3. The van der Waals surface area contributed by atoms with Crippen LogP contribution in [0.2, 0.25) is 0 Å². The molecule has 0 fully saturated rings. The smallest absolute Gasteiger partial charge is 0.267 e. The zero-order valence-electron chi connectivity index (χ0n) is 9.66. The maximum Gasteiger partial charge on any atom is 0.267 e. The Morgan fingerprint density at radius 1 is 1.18 bits per heavy atom. The van der Waals surface area contributed by atoms with Crippen LogP contribution < -0.4 is 4.72 Å². The van der Waals surface area contributed by atoms with Gasteiger partial charge in [0.15, 0.2) is 0 Å². The van der Waals surface area contributed by atoms with Gasteiger partial charge >= 0.3 is 0 Å². The van der Waals surface area contributed by atoms with Crippen LogP contribution in [0.5, 0.6) is 0 Å². The summed E-state index contributed by atoms with van der Waals surface area (Å²) in [7, 11) is -7.79. The van der Waals surface area contributed by atoms with E-state index in [1.807, 2.05) is 6.92 Å². The van der Waals surface area contributed by atoms with Gasteiger partial charge in [0.25, 0.3) is 10.1 Å². The Labute approximate surface area is 102 Å². The van der Waals surface area contributed by atoms with E-state index in [0.29, 0.717) is 6.42 Å². The molecule has 0 aliphatic carbocycles. The highest BCUT2D eigenvalue weighted by Crippen LogP contribution is 1.98. The van der Waals surface area contributed by atoms with Crippen molar-refractivity contribution >= 4 is 20.1 Å². The number of aliphatic hydroxyl groups is 1. The van der Waals surface area contributed by atoms with Crippen LogP contribution >= 0.6 is 0 Å². The largest absolute Gasteiger partial charge is 0.391 e. The van der Waals surface area contributed by atoms with E-state index in [1.54, 1.807) is 0 Å². The van der Waals surface area contributed by atoms with E-state index in [-0.39, 0.29) is 5.75 Å². The van der Waals surface area contributed by atoms with Crippen molar-refractivity contribution in [1.82, 2.24) is 4.72 Å². The summed E-state index contributed by atoms with van der Waals surface area (Å²) in [6.07, 6.45) is 0.737. The van der Waals surface area contributed by atoms with Gasteiger partial charge in [0.05, 0.1) is 11.9 Å². The first-order valence-electron chi connectivity index (χ1n) is 5.27. The van der Waals surface area contributed by atoms with Crippen LogP contribution in [0.15, 0.2) is 0 Å². The lowest BCUT2D eigenvalue weighted by molar-refractivity contribution is 0.198. The molecule has 0 bridgehead atoms. The fourth-order valence-electron chi connectivity index (χ4n) is 1.14. The van der Waals surface area contributed by atoms with Crippen molar-refractivity contribution < 1.29 is 26.5 Å². The van der Waals surface area contributed by atoms with E-state index < -0.39 is 38.5 Å². The lowest BCUT2D eigenvalue weighted by Crippen LogP contribution is -2.36. The molecule has 0 saturated carbocycles. The van der Waals surface area contributed by atoms with Crippen molar-refractivity contribution in [2.75, 3.05) is 18.1 Å². The normalized spacial score (nSPS) is 14.8. The highest BCUT2D eigenvalue weighted by atomic mass is 32.2. The molecule has 0 aliphatic heterocycles. The Hall–Kier alpha value is -0.220. The number of unbranched alkanes of at least 4 members (excludes halogenated alkanes) is 2. The molecule has 0 amide bonds. The molecule has 1 unspecified atom stereocenters. The number of sulfonamides is 1. The zero-order chi connectivity index (χ0) is 13.5. The minimum absolute atomic E-state index is 0.0561. The summed E-state index contributed by atoms with van der Waals surface area (Å²) in [5.41, 5.74) is 0. The zero-order valence-corrected chi connectivity index (χ0v) is 11.3. The van der Waals surface area contributed by atoms with Gasteiger partial charge in [0.1, 0.15) is 5.75 Å². The fraction of sp³-hybridized carbons (Fsp3) is 1.00. The van der Waals surface area contributed by atoms with Gasteiger partial charge in [-0.2, -0.15) is 8.42 Å². The summed E-state index contributed by atoms with van der Waals surface area (Å²) in [4.78, 5) is 0. The predicted molar refractivity (Wildman–Crippen MR) is 63.7 cm³/mol. The van der Waals surface area contributed by atoms with Crippen molar-refractivity contribution in [3.8, 4) is 0 Å². The number of hydrogen-bond donors (Lipinski definition) is 3. The molecule has 104 valence electrons. The average molecular weight is 289 g/mol. The molecule has 3 N–H and O–H groups in total. The third kappa shape index (κ3) is 10.6. The van der Waals surface area contributed by atoms with Gasteiger partial charge in [-0.15, -0.1) is 0 Å². The van der Waals surface area contributed by atoms with Gasteiger partial charge in [-0.05, 0) is 6.42 Å². The van der Waals surface area contributed by atoms with Gasteiger partial charge < -0.3 is 5.11 Å². The minimum Gasteiger partial charge on any atom is -0.391 e. The number of rotatable bonds is 9. The number of hydrogen-bond acceptors (Lipinski definition) is 5. The minimum atomic E-state index is -4.30. The second-order valence-corrected chi connectivity index (χ2v) is 7.20. The summed E-state index contributed by atoms with van der Waals surface area (Å²) >= 11 is 0. The van der Waals surface area contributed by atoms with Gasteiger partial charge in [-0.25, -0.2) is 13.1 Å². The van der Waals surface area contributed by atoms with E-state index in [4.69, 9.17) is 9.66 Å². The van der Waals surface area contributed by atoms with Crippen molar-refractivity contribution in [2.24, 2.45) is 0 Å². The molecule has 0 aliphatic rings. The molecular formula is C8H19NO6S2. The van der Waals surface area contributed by atoms with Crippen molar-refractivity contribution in [1.29, 1.82) is 0 Å². The summed E-state index contributed by atoms with van der Waals surface area (Å²) in [6, 6.07) is 0. The monoisotopic (exact) mass is 289 g/mol. The molecule has 0 rings (SSSR count). The topological polar surface area (TPSA) is 121 Å². The first-order valence-corrected chi connectivity index (χ1v) is 8.53. The van der Waals surface area contributed by atoms with Crippen LogP contribution in [-0.4, -0.2) is 50.6 Å². The highest BCUT2D eigenvalue weighted by Gasteiger charge is 2.17. The molecule has 0 aromatic carbocycles. The fourth-order valence-corrected chi connectivity index (χ4v) is 2.92. The van der Waals surface area contributed by atoms with Crippen molar-refractivity contribution in [3.63, 3.8) is 0 Å². The van der Waals surface area contributed by atoms with Gasteiger partial charge in [-0.3, -0.25) is 4.55 Å². The molecule has 0 aromatic heterocycles. The van der Waals surface area contributed by atoms with E-state index in [1.165, 1.54) is 0 Å². The second-order valence-electron chi connectivity index (χ2n) is 3.78. The van der Waals surface area contributed by atoms with Crippen LogP contribution in [0.25, 0.3) is 0 Å². The van der Waals surface area contributed by atoms with Crippen molar-refractivity contribution in [2.45, 2.75) is 32.3 Å². The van der Waals surface area contributed by atoms with Gasteiger partial charge in [0.2, 0.25) is 10.0 Å². The van der Waals surface area contributed by atoms with Crippen LogP contribution in [-0.2, 0) is 20.1 Å². The van der Waals surface area contributed by atoms with Gasteiger partial charge in [0, 0.05) is 6.54 Å². The Bertz CT molecular complexity index is 402. The average Bonchev–Trinajstić information content (AvgIpc) is 2.13. The van der Waals surface area contributed by atoms with E-state index >= 15 is 0 Å². The molecule has 0 spiro atoms. The lowest BCUT2D eigenvalue weighted by Gasteiger charge is -2.10. The number of nitrogens with one attached hydrogen (secondary N) is 1. The molecular weight excluding hydrogens is 270 g/mol. The molecule has 0 heterocycles. The maximum atomic E-state index is 11.3. The summed E-state index contributed by atoms with van der Waals surface area (Å²) in [5.74, 6) is -0.941. The van der Waals surface area contributed by atoms with Crippen molar-refractivity contribution in [3.05, 3.63) is 0 Å². The standard InChI is InChI=1S/C8H19NO6S2/c1-2-3-4-5-16(11,12)9-6-8(10)7-17(13,14)15/h8-10H,2-7H2,1H3,(H,13,14,15). The Morgan fingerprint density at radius 3 is 2.24 bits per heavy atom. The molecule has 9 heteroatoms. The summed E-state index contributed by atoms with van der Waals surface area (Å²) < 4.78 is 54.0. The first kappa shape index (κ1) is 16.8. The molecule has 0 saturated heterocycles. The predicted octanol–water partition coefficient (Wildman–Crippen LogP) is -0.655. The third-order valence-electron chi connectivity index (χ3n) is 1.96. The summed E-state index contributed by atoms with van der Waals surface area (Å²) in [5, 5.41) is 9.15. The van der Waals surface area contributed by atoms with Gasteiger partial charge in [-0.1, -0.05) is 19.8 Å². The van der Waals surface area contributed by atoms with Crippen LogP contribution in [0.3, 0.4) is 0 Å². The highest BCUT2D eigenvalue weighted by molar-refractivity contribution is 7.89. The van der Waals surface area contributed by atoms with Crippen LogP contribution in [0.1, 0.15) is 26.2 Å². The third-order valence-corrected chi connectivity index (χ3v) is 4.20. The van der Waals surface area contributed by atoms with E-state index in [0.717, 1.165) is 12.8 Å². The summed E-state index contributed by atoms with van der Waals surface area (Å²) in [6.45, 7) is 1.52. The first-order chi connectivity index (χ1) is 7.66. The molecule has 7 nitrogen and oxygen atoms in total. The Kier molecular flexibility index (Phi) is 7.17. The Balaban J connectivity index is 4.01. The van der Waals surface area contributed by atoms with E-state index in [2.05, 4.69) is 4.72 Å². The quantitative estimate of drug-likeness (QED) is 0.383.